The molecule has 0 saturated heterocycles. The lowest BCUT2D eigenvalue weighted by molar-refractivity contribution is -0.117. The van der Waals surface area contributed by atoms with Crippen LogP contribution in [0.5, 0.6) is 0 Å². The van der Waals surface area contributed by atoms with Gasteiger partial charge in [0.2, 0.25) is 11.9 Å². The summed E-state index contributed by atoms with van der Waals surface area (Å²) in [5.41, 5.74) is 3.35. The van der Waals surface area contributed by atoms with E-state index in [-0.39, 0.29) is 17.8 Å². The minimum absolute atomic E-state index is 0.219. The van der Waals surface area contributed by atoms with E-state index < -0.39 is 5.95 Å². The van der Waals surface area contributed by atoms with Crippen LogP contribution in [0.25, 0.3) is 17.2 Å². The fourth-order valence-electron chi connectivity index (χ4n) is 2.62. The highest BCUT2D eigenvalue weighted by Gasteiger charge is 2.09. The molecule has 27 heavy (non-hydrogen) atoms. The van der Waals surface area contributed by atoms with Crippen molar-refractivity contribution in [2.45, 2.75) is 13.0 Å². The Morgan fingerprint density at radius 2 is 1.81 bits per heavy atom. The average Bonchev–Trinajstić information content (AvgIpc) is 2.68. The maximum atomic E-state index is 13.0. The molecule has 3 rings (SSSR count). The Hall–Kier alpha value is -3.34. The maximum Gasteiger partial charge on any atom is 0.244 e. The number of rotatable bonds is 5. The van der Waals surface area contributed by atoms with Crippen LogP contribution in [-0.2, 0) is 4.79 Å². The van der Waals surface area contributed by atoms with Gasteiger partial charge in [0.15, 0.2) is 0 Å². The first-order valence-electron chi connectivity index (χ1n) is 8.47. The number of hydrogen-bond acceptors (Lipinski definition) is 2. The third-order valence-electron chi connectivity index (χ3n) is 4.10. The average molecular weight is 364 g/mol. The number of halogens is 2. The van der Waals surface area contributed by atoms with Gasteiger partial charge >= 0.3 is 0 Å². The predicted octanol–water partition coefficient (Wildman–Crippen LogP) is 4.92. The zero-order chi connectivity index (χ0) is 19.2. The number of nitrogens with zero attached hydrogens (tertiary/aromatic N) is 1. The van der Waals surface area contributed by atoms with E-state index in [1.54, 1.807) is 24.3 Å². The highest BCUT2D eigenvalue weighted by Crippen LogP contribution is 2.23. The Labute approximate surface area is 156 Å². The predicted molar refractivity (Wildman–Crippen MR) is 102 cm³/mol. The van der Waals surface area contributed by atoms with Gasteiger partial charge in [-0.25, -0.2) is 9.37 Å². The molecule has 136 valence electrons. The van der Waals surface area contributed by atoms with Crippen molar-refractivity contribution < 1.29 is 13.6 Å². The van der Waals surface area contributed by atoms with Crippen LogP contribution >= 0.6 is 0 Å². The molecule has 1 aromatic heterocycles. The number of carbonyl (C=O) groups is 1. The van der Waals surface area contributed by atoms with Crippen LogP contribution in [0, 0.1) is 11.8 Å². The van der Waals surface area contributed by atoms with E-state index in [1.807, 2.05) is 31.2 Å². The van der Waals surface area contributed by atoms with Crippen molar-refractivity contribution >= 4 is 12.0 Å². The Kier molecular flexibility index (Phi) is 5.71. The van der Waals surface area contributed by atoms with Gasteiger partial charge in [0.1, 0.15) is 5.82 Å². The molecular weight excluding hydrogens is 346 g/mol. The number of benzene rings is 2. The first-order valence-corrected chi connectivity index (χ1v) is 8.47. The van der Waals surface area contributed by atoms with E-state index in [9.17, 15) is 13.6 Å². The third-order valence-corrected chi connectivity index (χ3v) is 4.10. The van der Waals surface area contributed by atoms with Crippen molar-refractivity contribution in [1.82, 2.24) is 10.3 Å². The highest BCUT2D eigenvalue weighted by molar-refractivity contribution is 5.92. The molecule has 1 heterocycles. The van der Waals surface area contributed by atoms with Gasteiger partial charge < -0.3 is 5.32 Å². The second kappa shape index (κ2) is 8.36. The molecule has 0 bridgehead atoms. The molecule has 0 saturated carbocycles. The van der Waals surface area contributed by atoms with Crippen molar-refractivity contribution in [1.29, 1.82) is 0 Å². The number of aromatic nitrogens is 1. The van der Waals surface area contributed by atoms with E-state index in [1.165, 1.54) is 30.5 Å². The van der Waals surface area contributed by atoms with E-state index in [0.717, 1.165) is 22.3 Å². The molecule has 3 aromatic rings. The summed E-state index contributed by atoms with van der Waals surface area (Å²) < 4.78 is 25.9. The molecule has 0 radical (unpaired) electrons. The summed E-state index contributed by atoms with van der Waals surface area (Å²) in [5.74, 6) is -1.09. The van der Waals surface area contributed by atoms with Gasteiger partial charge in [-0.2, -0.15) is 4.39 Å². The molecule has 1 N–H and O–H groups in total. The van der Waals surface area contributed by atoms with Crippen molar-refractivity contribution in [3.63, 3.8) is 0 Å². The van der Waals surface area contributed by atoms with Crippen LogP contribution in [-0.4, -0.2) is 10.9 Å². The molecule has 1 amide bonds. The molecule has 5 heteroatoms. The summed E-state index contributed by atoms with van der Waals surface area (Å²) in [7, 11) is 0. The number of hydrogen-bond donors (Lipinski definition) is 1. The first-order chi connectivity index (χ1) is 13.0. The number of nitrogens with one attached hydrogen (secondary N) is 1. The quantitative estimate of drug-likeness (QED) is 0.516. The second-order valence-corrected chi connectivity index (χ2v) is 6.11. The van der Waals surface area contributed by atoms with Crippen LogP contribution in [0.3, 0.4) is 0 Å². The Bertz CT molecular complexity index is 951. The molecule has 0 unspecified atom stereocenters. The Morgan fingerprint density at radius 3 is 2.52 bits per heavy atom. The van der Waals surface area contributed by atoms with Gasteiger partial charge in [-0.3, -0.25) is 4.79 Å². The number of pyridine rings is 1. The maximum absolute atomic E-state index is 13.0. The Morgan fingerprint density at radius 1 is 1.04 bits per heavy atom. The van der Waals surface area contributed by atoms with Gasteiger partial charge in [0, 0.05) is 17.8 Å². The lowest BCUT2D eigenvalue weighted by Gasteiger charge is -2.14. The fourth-order valence-corrected chi connectivity index (χ4v) is 2.62. The minimum atomic E-state index is -0.525. The first kappa shape index (κ1) is 18.5. The van der Waals surface area contributed by atoms with Crippen molar-refractivity contribution in [3.8, 4) is 11.1 Å². The van der Waals surface area contributed by atoms with Crippen LogP contribution in [0.4, 0.5) is 8.78 Å². The standard InChI is InChI=1S/C22H18F2N2O/c1-15(26-22(27)12-7-16-5-9-20(23)10-6-16)17-3-2-4-18(13-17)19-8-11-21(24)25-14-19/h2-15H,1H3,(H,26,27)/t15-/m0/s1. The highest BCUT2D eigenvalue weighted by atomic mass is 19.1. The smallest absolute Gasteiger partial charge is 0.244 e. The summed E-state index contributed by atoms with van der Waals surface area (Å²) in [6.07, 6.45) is 4.52. The van der Waals surface area contributed by atoms with Gasteiger partial charge in [0.25, 0.3) is 0 Å². The van der Waals surface area contributed by atoms with Crippen LogP contribution in [0.1, 0.15) is 24.1 Å². The van der Waals surface area contributed by atoms with Crippen molar-refractivity contribution in [3.05, 3.63) is 95.8 Å². The second-order valence-electron chi connectivity index (χ2n) is 6.11. The zero-order valence-corrected chi connectivity index (χ0v) is 14.7. The van der Waals surface area contributed by atoms with E-state index in [2.05, 4.69) is 10.3 Å². The van der Waals surface area contributed by atoms with E-state index in [0.29, 0.717) is 0 Å². The molecule has 1 atom stereocenters. The van der Waals surface area contributed by atoms with Crippen LogP contribution in [0.15, 0.2) is 72.9 Å². The van der Waals surface area contributed by atoms with Crippen LogP contribution < -0.4 is 5.32 Å². The van der Waals surface area contributed by atoms with Gasteiger partial charge in [-0.1, -0.05) is 30.3 Å². The molecule has 0 fully saturated rings. The van der Waals surface area contributed by atoms with E-state index in [4.69, 9.17) is 0 Å². The third kappa shape index (κ3) is 5.07. The van der Waals surface area contributed by atoms with E-state index >= 15 is 0 Å². The lowest BCUT2D eigenvalue weighted by atomic mass is 10.0. The fraction of sp³-hybridized carbons (Fsp3) is 0.0909. The van der Waals surface area contributed by atoms with Crippen molar-refractivity contribution in [2.24, 2.45) is 0 Å². The molecule has 3 nitrogen and oxygen atoms in total. The molecule has 2 aromatic carbocycles. The van der Waals surface area contributed by atoms with Gasteiger partial charge in [-0.15, -0.1) is 0 Å². The number of carbonyl (C=O) groups excluding carboxylic acids is 1. The molecule has 0 spiro atoms. The van der Waals surface area contributed by atoms with Gasteiger partial charge in [0.05, 0.1) is 6.04 Å². The minimum Gasteiger partial charge on any atom is -0.346 e. The molecule has 0 aliphatic heterocycles. The Balaban J connectivity index is 1.67. The topological polar surface area (TPSA) is 42.0 Å². The SMILES string of the molecule is C[C@H](NC(=O)C=Cc1ccc(F)cc1)c1cccc(-c2ccc(F)nc2)c1. The summed E-state index contributed by atoms with van der Waals surface area (Å²) in [4.78, 5) is 15.8. The summed E-state index contributed by atoms with van der Waals surface area (Å²) in [6.45, 7) is 1.88. The monoisotopic (exact) mass is 364 g/mol. The molecular formula is C22H18F2N2O. The normalized spacial score (nSPS) is 12.1. The summed E-state index contributed by atoms with van der Waals surface area (Å²) >= 11 is 0. The summed E-state index contributed by atoms with van der Waals surface area (Å²) in [5, 5.41) is 2.89. The largest absolute Gasteiger partial charge is 0.346 e. The van der Waals surface area contributed by atoms with Crippen molar-refractivity contribution in [2.75, 3.05) is 0 Å². The number of amides is 1. The lowest BCUT2D eigenvalue weighted by Crippen LogP contribution is -2.24. The van der Waals surface area contributed by atoms with Gasteiger partial charge in [-0.05, 0) is 60.0 Å². The summed E-state index contributed by atoms with van der Waals surface area (Å²) in [6, 6.07) is 16.3. The van der Waals surface area contributed by atoms with Crippen LogP contribution in [0.2, 0.25) is 0 Å². The molecule has 0 aliphatic rings. The zero-order valence-electron chi connectivity index (χ0n) is 14.7. The molecule has 0 aliphatic carbocycles.